The lowest BCUT2D eigenvalue weighted by atomic mass is 10.2. The Balaban J connectivity index is 1.94. The van der Waals surface area contributed by atoms with Gasteiger partial charge in [0.2, 0.25) is 0 Å². The third-order valence-electron chi connectivity index (χ3n) is 2.67. The number of aromatic hydroxyl groups is 1. The summed E-state index contributed by atoms with van der Waals surface area (Å²) in [4.78, 5) is 7.97. The monoisotopic (exact) mass is 311 g/mol. The van der Waals surface area contributed by atoms with Crippen LogP contribution in [0, 0.1) is 0 Å². The van der Waals surface area contributed by atoms with Gasteiger partial charge < -0.3 is 9.84 Å². The number of rotatable bonds is 3. The average Bonchev–Trinajstić information content (AvgIpc) is 3.08. The Morgan fingerprint density at radius 3 is 2.77 bits per heavy atom. The highest BCUT2D eigenvalue weighted by molar-refractivity contribution is 5.61. The van der Waals surface area contributed by atoms with Gasteiger partial charge in [-0.25, -0.2) is 4.98 Å². The van der Waals surface area contributed by atoms with E-state index in [1.165, 1.54) is 23.2 Å². The lowest BCUT2D eigenvalue weighted by Crippen LogP contribution is -2.17. The molecule has 7 nitrogen and oxygen atoms in total. The van der Waals surface area contributed by atoms with Crippen molar-refractivity contribution in [3.8, 4) is 28.8 Å². The van der Waals surface area contributed by atoms with Gasteiger partial charge in [-0.1, -0.05) is 0 Å². The van der Waals surface area contributed by atoms with Crippen LogP contribution in [0.4, 0.5) is 13.2 Å². The fourth-order valence-electron chi connectivity index (χ4n) is 1.74. The first-order valence-electron chi connectivity index (χ1n) is 5.92. The Morgan fingerprint density at radius 2 is 2.09 bits per heavy atom. The molecule has 3 rings (SSSR count). The van der Waals surface area contributed by atoms with Gasteiger partial charge in [0.25, 0.3) is 5.95 Å². The smallest absolute Gasteiger partial charge is 0.504 e. The van der Waals surface area contributed by atoms with Crippen molar-refractivity contribution >= 4 is 0 Å². The number of H-pyrrole nitrogens is 1. The molecule has 0 fully saturated rings. The zero-order valence-electron chi connectivity index (χ0n) is 10.7. The number of hydrogen-bond acceptors (Lipinski definition) is 5. The first-order valence-corrected chi connectivity index (χ1v) is 5.92. The molecule has 1 aromatic carbocycles. The van der Waals surface area contributed by atoms with Crippen LogP contribution in [0.1, 0.15) is 0 Å². The van der Waals surface area contributed by atoms with Crippen LogP contribution in [0.25, 0.3) is 17.3 Å². The van der Waals surface area contributed by atoms with Gasteiger partial charge in [-0.15, -0.1) is 18.3 Å². The number of alkyl halides is 3. The van der Waals surface area contributed by atoms with Crippen LogP contribution < -0.4 is 4.74 Å². The number of aromatic amines is 1. The van der Waals surface area contributed by atoms with Gasteiger partial charge in [0.1, 0.15) is 6.33 Å². The lowest BCUT2D eigenvalue weighted by Gasteiger charge is -2.10. The zero-order chi connectivity index (χ0) is 15.7. The number of phenols is 1. The number of imidazole rings is 1. The highest BCUT2D eigenvalue weighted by Crippen LogP contribution is 2.34. The lowest BCUT2D eigenvalue weighted by molar-refractivity contribution is -0.275. The maximum Gasteiger partial charge on any atom is 0.573 e. The minimum Gasteiger partial charge on any atom is -0.504 e. The maximum atomic E-state index is 12.3. The summed E-state index contributed by atoms with van der Waals surface area (Å²) >= 11 is 0. The van der Waals surface area contributed by atoms with Crippen LogP contribution in [0.2, 0.25) is 0 Å². The van der Waals surface area contributed by atoms with Gasteiger partial charge in [-0.2, -0.15) is 4.98 Å². The van der Waals surface area contributed by atoms with Crippen molar-refractivity contribution in [3.05, 3.63) is 36.9 Å². The molecule has 114 valence electrons. The number of phenolic OH excluding ortho intramolecular Hbond substituents is 1. The molecule has 0 spiro atoms. The van der Waals surface area contributed by atoms with Crippen LogP contribution in [0.5, 0.6) is 11.5 Å². The summed E-state index contributed by atoms with van der Waals surface area (Å²) in [6, 6.07) is 3.48. The Labute approximate surface area is 121 Å². The number of hydrogen-bond donors (Lipinski definition) is 2. The Hall–Kier alpha value is -3.04. The van der Waals surface area contributed by atoms with Crippen molar-refractivity contribution in [2.24, 2.45) is 0 Å². The quantitative estimate of drug-likeness (QED) is 0.774. The molecule has 0 amide bonds. The highest BCUT2D eigenvalue weighted by Gasteiger charge is 2.32. The Kier molecular flexibility index (Phi) is 3.20. The summed E-state index contributed by atoms with van der Waals surface area (Å²) in [7, 11) is 0. The van der Waals surface area contributed by atoms with Crippen molar-refractivity contribution in [2.45, 2.75) is 6.36 Å². The third kappa shape index (κ3) is 2.85. The van der Waals surface area contributed by atoms with Crippen molar-refractivity contribution in [1.82, 2.24) is 24.7 Å². The van der Waals surface area contributed by atoms with E-state index in [1.807, 2.05) is 0 Å². The van der Waals surface area contributed by atoms with Gasteiger partial charge in [0.05, 0.1) is 0 Å². The molecule has 22 heavy (non-hydrogen) atoms. The van der Waals surface area contributed by atoms with Crippen molar-refractivity contribution in [1.29, 1.82) is 0 Å². The summed E-state index contributed by atoms with van der Waals surface area (Å²) in [5.74, 6) is -0.851. The molecule has 0 aliphatic heterocycles. The predicted octanol–water partition coefficient (Wildman–Crippen LogP) is 2.26. The van der Waals surface area contributed by atoms with E-state index in [4.69, 9.17) is 0 Å². The van der Waals surface area contributed by atoms with Crippen LogP contribution in [0.3, 0.4) is 0 Å². The summed E-state index contributed by atoms with van der Waals surface area (Å²) in [6.07, 6.45) is -0.282. The second kappa shape index (κ2) is 5.06. The highest BCUT2D eigenvalue weighted by atomic mass is 19.4. The molecular formula is C12H8F3N5O2. The molecule has 10 heteroatoms. The fraction of sp³-hybridized carbons (Fsp3) is 0.0833. The van der Waals surface area contributed by atoms with E-state index >= 15 is 0 Å². The predicted molar refractivity (Wildman–Crippen MR) is 67.3 cm³/mol. The Morgan fingerprint density at radius 1 is 1.27 bits per heavy atom. The Bertz CT molecular complexity index is 782. The molecule has 0 atom stereocenters. The molecule has 0 aliphatic rings. The number of aromatic nitrogens is 5. The molecule has 0 bridgehead atoms. The fourth-order valence-corrected chi connectivity index (χ4v) is 1.74. The van der Waals surface area contributed by atoms with Crippen molar-refractivity contribution in [3.63, 3.8) is 0 Å². The molecule has 2 aromatic heterocycles. The second-order valence-corrected chi connectivity index (χ2v) is 4.18. The van der Waals surface area contributed by atoms with Gasteiger partial charge >= 0.3 is 6.36 Å². The van der Waals surface area contributed by atoms with Gasteiger partial charge in [-0.05, 0) is 18.2 Å². The number of nitrogens with zero attached hydrogens (tertiary/aromatic N) is 4. The molecule has 0 unspecified atom stereocenters. The molecule has 3 aromatic rings. The van der Waals surface area contributed by atoms with Gasteiger partial charge in [0.15, 0.2) is 17.3 Å². The van der Waals surface area contributed by atoms with E-state index in [0.717, 1.165) is 12.1 Å². The van der Waals surface area contributed by atoms with E-state index in [0.29, 0.717) is 0 Å². The van der Waals surface area contributed by atoms with Crippen molar-refractivity contribution in [2.75, 3.05) is 0 Å². The van der Waals surface area contributed by atoms with Crippen LogP contribution in [-0.2, 0) is 0 Å². The molecule has 2 heterocycles. The van der Waals surface area contributed by atoms with Crippen molar-refractivity contribution < 1.29 is 23.0 Å². The van der Waals surface area contributed by atoms with E-state index in [9.17, 15) is 18.3 Å². The average molecular weight is 311 g/mol. The maximum absolute atomic E-state index is 12.3. The van der Waals surface area contributed by atoms with E-state index in [2.05, 4.69) is 24.9 Å². The van der Waals surface area contributed by atoms with E-state index in [-0.39, 0.29) is 17.3 Å². The number of benzene rings is 1. The zero-order valence-corrected chi connectivity index (χ0v) is 10.7. The molecule has 0 radical (unpaired) electrons. The summed E-state index contributed by atoms with van der Waals surface area (Å²) in [6.45, 7) is 0. The van der Waals surface area contributed by atoms with Crippen LogP contribution in [0.15, 0.2) is 36.9 Å². The first kappa shape index (κ1) is 13.9. The second-order valence-electron chi connectivity index (χ2n) is 4.18. The SMILES string of the molecule is Oc1ccc(-c2nc(-n3ccnc3)n[nH]2)cc1OC(F)(F)F. The molecule has 0 aliphatic carbocycles. The molecule has 2 N–H and O–H groups in total. The number of ether oxygens (including phenoxy) is 1. The largest absolute Gasteiger partial charge is 0.573 e. The molecule has 0 saturated heterocycles. The minimum atomic E-state index is -4.90. The normalized spacial score (nSPS) is 11.6. The van der Waals surface area contributed by atoms with Crippen LogP contribution >= 0.6 is 0 Å². The number of nitrogens with one attached hydrogen (secondary N) is 1. The minimum absolute atomic E-state index is 0.218. The van der Waals surface area contributed by atoms with Gasteiger partial charge in [0, 0.05) is 18.0 Å². The standard InChI is InChI=1S/C12H8F3N5O2/c13-12(14,15)22-9-5-7(1-2-8(9)21)10-17-11(19-18-10)20-4-3-16-6-20/h1-6,21H,(H,17,18,19). The van der Waals surface area contributed by atoms with E-state index in [1.54, 1.807) is 6.20 Å². The number of halogens is 3. The summed E-state index contributed by atoms with van der Waals surface area (Å²) in [5, 5.41) is 15.9. The molecule has 0 saturated carbocycles. The topological polar surface area (TPSA) is 88.9 Å². The van der Waals surface area contributed by atoms with Gasteiger partial charge in [-0.3, -0.25) is 9.67 Å². The molecular weight excluding hydrogens is 303 g/mol. The summed E-state index contributed by atoms with van der Waals surface area (Å²) in [5.41, 5.74) is 0.274. The first-order chi connectivity index (χ1) is 10.4. The van der Waals surface area contributed by atoms with Crippen LogP contribution in [-0.4, -0.2) is 36.2 Å². The third-order valence-corrected chi connectivity index (χ3v) is 2.67. The summed E-state index contributed by atoms with van der Waals surface area (Å²) < 4.78 is 42.1. The van der Waals surface area contributed by atoms with E-state index < -0.39 is 17.9 Å².